The first-order valence-corrected chi connectivity index (χ1v) is 10.8. The van der Waals surface area contributed by atoms with E-state index in [-0.39, 0.29) is 9.79 Å². The molecule has 1 aromatic carbocycles. The molecule has 120 valence electrons. The maximum atomic E-state index is 12.6. The summed E-state index contributed by atoms with van der Waals surface area (Å²) >= 11 is 1.54. The van der Waals surface area contributed by atoms with Gasteiger partial charge in [0.1, 0.15) is 4.90 Å². The van der Waals surface area contributed by atoms with Crippen molar-refractivity contribution in [3.8, 4) is 0 Å². The van der Waals surface area contributed by atoms with E-state index in [4.69, 9.17) is 0 Å². The molecule has 0 saturated heterocycles. The Morgan fingerprint density at radius 1 is 1.24 bits per heavy atom. The molecule has 1 N–H and O–H groups in total. The fourth-order valence-corrected chi connectivity index (χ4v) is 4.35. The van der Waals surface area contributed by atoms with Gasteiger partial charge >= 0.3 is 0 Å². The van der Waals surface area contributed by atoms with Crippen LogP contribution in [0, 0.1) is 0 Å². The molecule has 1 aromatic rings. The first-order chi connectivity index (χ1) is 9.64. The third-order valence-corrected chi connectivity index (χ3v) is 6.55. The Bertz CT molecular complexity index is 699. The normalized spacial score (nSPS) is 12.6. The highest BCUT2D eigenvalue weighted by Crippen LogP contribution is 2.27. The first-order valence-electron chi connectivity index (χ1n) is 6.11. The number of anilines is 1. The van der Waals surface area contributed by atoms with Crippen LogP contribution in [0.1, 0.15) is 0 Å². The van der Waals surface area contributed by atoms with Crippen molar-refractivity contribution >= 4 is 37.3 Å². The molecule has 0 aliphatic heterocycles. The Labute approximate surface area is 130 Å². The molecule has 0 bridgehead atoms. The van der Waals surface area contributed by atoms with Crippen LogP contribution >= 0.6 is 11.8 Å². The molecule has 0 amide bonds. The van der Waals surface area contributed by atoms with Crippen LogP contribution in [0.4, 0.5) is 5.69 Å². The van der Waals surface area contributed by atoms with Crippen molar-refractivity contribution in [3.05, 3.63) is 18.2 Å². The number of rotatable bonds is 7. The second-order valence-corrected chi connectivity index (χ2v) is 9.51. The molecule has 21 heavy (non-hydrogen) atoms. The fraction of sp³-hybridized carbons (Fsp3) is 0.500. The summed E-state index contributed by atoms with van der Waals surface area (Å²) in [6, 6.07) is 4.06. The number of thioether (sulfide) groups is 1. The lowest BCUT2D eigenvalue weighted by Crippen LogP contribution is -2.29. The Morgan fingerprint density at radius 2 is 1.86 bits per heavy atom. The number of benzene rings is 1. The van der Waals surface area contributed by atoms with Crippen molar-refractivity contribution in [2.45, 2.75) is 9.79 Å². The smallest absolute Gasteiger partial charge is 0.244 e. The van der Waals surface area contributed by atoms with Crippen LogP contribution in [0.2, 0.25) is 0 Å². The predicted molar refractivity (Wildman–Crippen MR) is 87.3 cm³/mol. The molecular weight excluding hydrogens is 332 g/mol. The average molecular weight is 353 g/mol. The van der Waals surface area contributed by atoms with E-state index in [1.807, 2.05) is 6.26 Å². The van der Waals surface area contributed by atoms with E-state index in [0.717, 1.165) is 6.26 Å². The van der Waals surface area contributed by atoms with Crippen molar-refractivity contribution in [3.63, 3.8) is 0 Å². The highest BCUT2D eigenvalue weighted by Gasteiger charge is 2.25. The lowest BCUT2D eigenvalue weighted by Gasteiger charge is -2.19. The van der Waals surface area contributed by atoms with E-state index in [1.165, 1.54) is 29.6 Å². The van der Waals surface area contributed by atoms with E-state index < -0.39 is 19.9 Å². The Morgan fingerprint density at radius 3 is 2.33 bits per heavy atom. The lowest BCUT2D eigenvalue weighted by molar-refractivity contribution is 0.489. The molecule has 0 aliphatic carbocycles. The number of sulfonamides is 1. The van der Waals surface area contributed by atoms with Gasteiger partial charge in [-0.25, -0.2) is 21.1 Å². The third-order valence-electron chi connectivity index (χ3n) is 2.95. The Hall–Kier alpha value is -0.770. The van der Waals surface area contributed by atoms with Crippen LogP contribution in [0.25, 0.3) is 0 Å². The molecule has 0 saturated carbocycles. The summed E-state index contributed by atoms with van der Waals surface area (Å²) in [6.07, 6.45) is 2.94. The third kappa shape index (κ3) is 4.35. The Balaban J connectivity index is 3.39. The van der Waals surface area contributed by atoms with Crippen molar-refractivity contribution in [2.24, 2.45) is 0 Å². The van der Waals surface area contributed by atoms with Gasteiger partial charge in [-0.15, -0.1) is 0 Å². The molecule has 0 spiro atoms. The molecule has 6 nitrogen and oxygen atoms in total. The van der Waals surface area contributed by atoms with Gasteiger partial charge in [-0.2, -0.15) is 11.8 Å². The van der Waals surface area contributed by atoms with Crippen LogP contribution in [0.3, 0.4) is 0 Å². The van der Waals surface area contributed by atoms with Crippen LogP contribution in [-0.4, -0.2) is 60.0 Å². The van der Waals surface area contributed by atoms with Crippen molar-refractivity contribution < 1.29 is 16.8 Å². The monoisotopic (exact) mass is 352 g/mol. The van der Waals surface area contributed by atoms with Gasteiger partial charge in [0.05, 0.1) is 10.6 Å². The van der Waals surface area contributed by atoms with Crippen molar-refractivity contribution in [1.82, 2.24) is 4.31 Å². The summed E-state index contributed by atoms with van der Waals surface area (Å²) in [6.45, 7) is 0.357. The molecule has 1 rings (SSSR count). The van der Waals surface area contributed by atoms with E-state index >= 15 is 0 Å². The lowest BCUT2D eigenvalue weighted by atomic mass is 10.3. The predicted octanol–water partition coefficient (Wildman–Crippen LogP) is 1.12. The quantitative estimate of drug-likeness (QED) is 0.792. The number of sulfone groups is 1. The van der Waals surface area contributed by atoms with Gasteiger partial charge in [0.2, 0.25) is 10.0 Å². The van der Waals surface area contributed by atoms with Gasteiger partial charge in [0, 0.05) is 32.6 Å². The van der Waals surface area contributed by atoms with E-state index in [0.29, 0.717) is 18.0 Å². The average Bonchev–Trinajstić information content (AvgIpc) is 2.42. The fourth-order valence-electron chi connectivity index (χ4n) is 1.66. The van der Waals surface area contributed by atoms with Crippen LogP contribution in [0.5, 0.6) is 0 Å². The van der Waals surface area contributed by atoms with Crippen LogP contribution in [-0.2, 0) is 19.9 Å². The van der Waals surface area contributed by atoms with Gasteiger partial charge in [-0.3, -0.25) is 0 Å². The SMILES string of the molecule is CNc1ccc(S(C)(=O)=O)cc1S(=O)(=O)N(C)CCSC. The molecule has 0 heterocycles. The van der Waals surface area contributed by atoms with Crippen molar-refractivity contribution in [1.29, 1.82) is 0 Å². The summed E-state index contributed by atoms with van der Waals surface area (Å²) in [5.41, 5.74) is 0.374. The van der Waals surface area contributed by atoms with Crippen molar-refractivity contribution in [2.75, 3.05) is 44.2 Å². The standard InChI is InChI=1S/C12H20N2O4S3/c1-13-11-6-5-10(20(4,15)16)9-12(11)21(17,18)14(2)7-8-19-3/h5-6,9,13H,7-8H2,1-4H3. The molecule has 0 aromatic heterocycles. The number of nitrogens with zero attached hydrogens (tertiary/aromatic N) is 1. The van der Waals surface area contributed by atoms with Gasteiger partial charge in [0.15, 0.2) is 9.84 Å². The summed E-state index contributed by atoms with van der Waals surface area (Å²) in [7, 11) is -4.13. The Kier molecular flexibility index (Phi) is 6.09. The summed E-state index contributed by atoms with van der Waals surface area (Å²) in [4.78, 5) is -0.0464. The molecule has 0 unspecified atom stereocenters. The zero-order valence-corrected chi connectivity index (χ0v) is 14.9. The van der Waals surface area contributed by atoms with Gasteiger partial charge in [0.25, 0.3) is 0 Å². The first kappa shape index (κ1) is 18.3. The molecular formula is C12H20N2O4S3. The molecule has 0 aliphatic rings. The molecule has 9 heteroatoms. The number of hydrogen-bond acceptors (Lipinski definition) is 6. The maximum absolute atomic E-state index is 12.6. The number of nitrogens with one attached hydrogen (secondary N) is 1. The zero-order chi connectivity index (χ0) is 16.3. The molecule has 0 atom stereocenters. The number of hydrogen-bond donors (Lipinski definition) is 1. The van der Waals surface area contributed by atoms with E-state index in [1.54, 1.807) is 18.8 Å². The minimum absolute atomic E-state index is 0.0154. The topological polar surface area (TPSA) is 83.5 Å². The van der Waals surface area contributed by atoms with Gasteiger partial charge < -0.3 is 5.32 Å². The zero-order valence-electron chi connectivity index (χ0n) is 12.5. The minimum Gasteiger partial charge on any atom is -0.387 e. The van der Waals surface area contributed by atoms with E-state index in [2.05, 4.69) is 5.32 Å². The molecule has 0 fully saturated rings. The second-order valence-electron chi connectivity index (χ2n) is 4.50. The van der Waals surface area contributed by atoms with Crippen LogP contribution in [0.15, 0.2) is 28.0 Å². The highest BCUT2D eigenvalue weighted by molar-refractivity contribution is 7.98. The van der Waals surface area contributed by atoms with E-state index in [9.17, 15) is 16.8 Å². The summed E-state index contributed by atoms with van der Waals surface area (Å²) in [5.74, 6) is 0.663. The van der Waals surface area contributed by atoms with Crippen LogP contribution < -0.4 is 5.32 Å². The maximum Gasteiger partial charge on any atom is 0.244 e. The minimum atomic E-state index is -3.74. The second kappa shape index (κ2) is 6.99. The van der Waals surface area contributed by atoms with Gasteiger partial charge in [-0.1, -0.05) is 0 Å². The highest BCUT2D eigenvalue weighted by atomic mass is 32.2. The summed E-state index contributed by atoms with van der Waals surface area (Å²) in [5, 5.41) is 2.79. The molecule has 0 radical (unpaired) electrons. The largest absolute Gasteiger partial charge is 0.387 e. The van der Waals surface area contributed by atoms with Gasteiger partial charge in [-0.05, 0) is 24.5 Å². The summed E-state index contributed by atoms with van der Waals surface area (Å²) < 4.78 is 49.6.